The van der Waals surface area contributed by atoms with Crippen LogP contribution in [0.5, 0.6) is 0 Å². The maximum atomic E-state index is 13.9. The van der Waals surface area contributed by atoms with Gasteiger partial charge in [0.05, 0.1) is 16.7 Å². The molecule has 1 aromatic carbocycles. The highest BCUT2D eigenvalue weighted by Crippen LogP contribution is 2.37. The van der Waals surface area contributed by atoms with Gasteiger partial charge in [0.25, 0.3) is 0 Å². The topological polar surface area (TPSA) is 44.5 Å². The van der Waals surface area contributed by atoms with E-state index in [0.29, 0.717) is 28.0 Å². The SMILES string of the molecule is Cc1ccc(-c2noc(C)c2B2OC(C)(C)C(C)(C)O2)cc1F. The highest BCUT2D eigenvalue weighted by molar-refractivity contribution is 6.64. The molecule has 1 aliphatic rings. The molecular formula is C17H21BFNO3. The van der Waals surface area contributed by atoms with Gasteiger partial charge in [0.1, 0.15) is 17.3 Å². The number of aromatic nitrogens is 1. The minimum absolute atomic E-state index is 0.275. The predicted octanol–water partition coefficient (Wildman–Crippen LogP) is 3.40. The summed E-state index contributed by atoms with van der Waals surface area (Å²) in [7, 11) is -0.592. The molecule has 0 spiro atoms. The molecule has 6 heteroatoms. The average Bonchev–Trinajstić information content (AvgIpc) is 2.91. The standard InChI is InChI=1S/C17H21BFNO3/c1-10-7-8-12(9-13(10)19)15-14(11(2)21-20-15)18-22-16(3,4)17(5,6)23-18/h7-9H,1-6H3. The van der Waals surface area contributed by atoms with Crippen LogP contribution in [0.1, 0.15) is 39.0 Å². The molecule has 0 radical (unpaired) electrons. The lowest BCUT2D eigenvalue weighted by atomic mass is 9.76. The molecule has 1 aliphatic heterocycles. The predicted molar refractivity (Wildman–Crippen MR) is 87.1 cm³/mol. The van der Waals surface area contributed by atoms with E-state index in [1.165, 1.54) is 6.07 Å². The number of benzene rings is 1. The Morgan fingerprint density at radius 3 is 2.22 bits per heavy atom. The Bertz CT molecular complexity index is 738. The van der Waals surface area contributed by atoms with Crippen molar-refractivity contribution in [3.05, 3.63) is 35.3 Å². The Hall–Kier alpha value is -1.66. The molecule has 0 N–H and O–H groups in total. The second-order valence-corrected chi connectivity index (χ2v) is 7.05. The molecule has 0 bridgehead atoms. The lowest BCUT2D eigenvalue weighted by Crippen LogP contribution is -2.41. The van der Waals surface area contributed by atoms with E-state index in [1.54, 1.807) is 19.9 Å². The van der Waals surface area contributed by atoms with Crippen LogP contribution in [0.25, 0.3) is 11.3 Å². The van der Waals surface area contributed by atoms with Gasteiger partial charge in [0, 0.05) is 5.56 Å². The van der Waals surface area contributed by atoms with Crippen LogP contribution < -0.4 is 5.46 Å². The van der Waals surface area contributed by atoms with Crippen molar-refractivity contribution >= 4 is 12.6 Å². The van der Waals surface area contributed by atoms with Gasteiger partial charge >= 0.3 is 7.12 Å². The first kappa shape index (κ1) is 16.2. The summed E-state index contributed by atoms with van der Waals surface area (Å²) in [6.45, 7) is 11.5. The fourth-order valence-corrected chi connectivity index (χ4v) is 2.57. The Morgan fingerprint density at radius 1 is 1.04 bits per heavy atom. The third-order valence-corrected chi connectivity index (χ3v) is 4.84. The number of aryl methyl sites for hydroxylation is 2. The molecule has 0 aliphatic carbocycles. The van der Waals surface area contributed by atoms with Crippen molar-refractivity contribution in [2.45, 2.75) is 52.7 Å². The number of hydrogen-bond donors (Lipinski definition) is 0. The smallest absolute Gasteiger partial charge is 0.399 e. The lowest BCUT2D eigenvalue weighted by molar-refractivity contribution is 0.00578. The molecule has 3 rings (SSSR count). The summed E-state index contributed by atoms with van der Waals surface area (Å²) in [6.07, 6.45) is 0. The maximum absolute atomic E-state index is 13.9. The van der Waals surface area contributed by atoms with Crippen molar-refractivity contribution in [1.29, 1.82) is 0 Å². The van der Waals surface area contributed by atoms with Crippen molar-refractivity contribution in [2.75, 3.05) is 0 Å². The van der Waals surface area contributed by atoms with Crippen LogP contribution in [0.2, 0.25) is 0 Å². The molecule has 122 valence electrons. The van der Waals surface area contributed by atoms with Gasteiger partial charge in [-0.25, -0.2) is 4.39 Å². The van der Waals surface area contributed by atoms with Gasteiger partial charge < -0.3 is 13.8 Å². The van der Waals surface area contributed by atoms with Crippen molar-refractivity contribution in [3.63, 3.8) is 0 Å². The summed E-state index contributed by atoms with van der Waals surface area (Å²) in [4.78, 5) is 0. The van der Waals surface area contributed by atoms with E-state index < -0.39 is 18.3 Å². The fourth-order valence-electron chi connectivity index (χ4n) is 2.57. The van der Waals surface area contributed by atoms with E-state index in [0.717, 1.165) is 0 Å². The molecule has 4 nitrogen and oxygen atoms in total. The zero-order valence-electron chi connectivity index (χ0n) is 14.4. The zero-order chi connectivity index (χ0) is 17.0. The van der Waals surface area contributed by atoms with E-state index in [2.05, 4.69) is 5.16 Å². The Labute approximate surface area is 136 Å². The molecule has 1 aromatic heterocycles. The van der Waals surface area contributed by atoms with Gasteiger partial charge in [-0.3, -0.25) is 0 Å². The molecule has 2 heterocycles. The van der Waals surface area contributed by atoms with Crippen LogP contribution in [0.4, 0.5) is 4.39 Å². The third kappa shape index (κ3) is 2.60. The van der Waals surface area contributed by atoms with E-state index in [9.17, 15) is 4.39 Å². The van der Waals surface area contributed by atoms with E-state index in [4.69, 9.17) is 13.8 Å². The molecule has 2 aromatic rings. The second-order valence-electron chi connectivity index (χ2n) is 7.05. The van der Waals surface area contributed by atoms with Gasteiger partial charge in [0.15, 0.2) is 0 Å². The number of rotatable bonds is 2. The van der Waals surface area contributed by atoms with Gasteiger partial charge in [0.2, 0.25) is 0 Å². The van der Waals surface area contributed by atoms with Crippen LogP contribution in [0.3, 0.4) is 0 Å². The largest absolute Gasteiger partial charge is 0.500 e. The minimum Gasteiger partial charge on any atom is -0.399 e. The maximum Gasteiger partial charge on any atom is 0.500 e. The second kappa shape index (κ2) is 5.18. The van der Waals surface area contributed by atoms with Crippen molar-refractivity contribution in [2.24, 2.45) is 0 Å². The summed E-state index contributed by atoms with van der Waals surface area (Å²) in [5.74, 6) is 0.336. The third-order valence-electron chi connectivity index (χ3n) is 4.84. The van der Waals surface area contributed by atoms with Gasteiger partial charge in [-0.1, -0.05) is 17.3 Å². The van der Waals surface area contributed by atoms with Crippen LogP contribution in [0.15, 0.2) is 22.7 Å². The summed E-state index contributed by atoms with van der Waals surface area (Å²) in [5, 5.41) is 4.10. The van der Waals surface area contributed by atoms with Gasteiger partial charge in [-0.2, -0.15) is 0 Å². The molecule has 0 amide bonds. The van der Waals surface area contributed by atoms with Crippen LogP contribution >= 0.6 is 0 Å². The number of hydrogen-bond acceptors (Lipinski definition) is 4. The zero-order valence-corrected chi connectivity index (χ0v) is 14.4. The van der Waals surface area contributed by atoms with Crippen molar-refractivity contribution in [3.8, 4) is 11.3 Å². The van der Waals surface area contributed by atoms with Crippen LogP contribution in [-0.2, 0) is 9.31 Å². The molecule has 1 saturated heterocycles. The summed E-state index contributed by atoms with van der Waals surface area (Å²) in [5.41, 5.74) is 1.58. The first-order valence-electron chi connectivity index (χ1n) is 7.71. The molecule has 0 unspecified atom stereocenters. The normalized spacial score (nSPS) is 19.3. The summed E-state index contributed by atoms with van der Waals surface area (Å²) >= 11 is 0. The van der Waals surface area contributed by atoms with Crippen LogP contribution in [0, 0.1) is 19.7 Å². The minimum atomic E-state index is -0.592. The highest BCUT2D eigenvalue weighted by atomic mass is 19.1. The first-order valence-corrected chi connectivity index (χ1v) is 7.71. The van der Waals surface area contributed by atoms with Crippen molar-refractivity contribution < 1.29 is 18.2 Å². The van der Waals surface area contributed by atoms with Crippen molar-refractivity contribution in [1.82, 2.24) is 5.16 Å². The molecule has 23 heavy (non-hydrogen) atoms. The fraction of sp³-hybridized carbons (Fsp3) is 0.471. The number of nitrogens with zero attached hydrogens (tertiary/aromatic N) is 1. The molecule has 1 fully saturated rings. The average molecular weight is 317 g/mol. The number of halogens is 1. The monoisotopic (exact) mass is 317 g/mol. The van der Waals surface area contributed by atoms with Crippen LogP contribution in [-0.4, -0.2) is 23.5 Å². The Kier molecular flexibility index (Phi) is 3.65. The Balaban J connectivity index is 2.05. The van der Waals surface area contributed by atoms with Gasteiger partial charge in [-0.05, 0) is 53.2 Å². The quantitative estimate of drug-likeness (QED) is 0.797. The molecular weight excluding hydrogens is 296 g/mol. The summed E-state index contributed by atoms with van der Waals surface area (Å²) in [6, 6.07) is 5.01. The highest BCUT2D eigenvalue weighted by Gasteiger charge is 2.53. The molecule has 0 atom stereocenters. The molecule has 0 saturated carbocycles. The summed E-state index contributed by atoms with van der Waals surface area (Å²) < 4.78 is 31.4. The van der Waals surface area contributed by atoms with E-state index >= 15 is 0 Å². The van der Waals surface area contributed by atoms with E-state index in [-0.39, 0.29) is 5.82 Å². The lowest BCUT2D eigenvalue weighted by Gasteiger charge is -2.32. The van der Waals surface area contributed by atoms with Gasteiger partial charge in [-0.15, -0.1) is 0 Å². The first-order chi connectivity index (χ1) is 10.6. The van der Waals surface area contributed by atoms with E-state index in [1.807, 2.05) is 33.8 Å². The Morgan fingerprint density at radius 2 is 1.65 bits per heavy atom.